The molecule has 0 aliphatic heterocycles. The normalized spacial score (nSPS) is 12.8. The highest BCUT2D eigenvalue weighted by atomic mass is 19.4. The molecule has 0 amide bonds. The molecule has 0 aliphatic rings. The number of alkyl halides is 6. The summed E-state index contributed by atoms with van der Waals surface area (Å²) in [5, 5.41) is 9.82. The van der Waals surface area contributed by atoms with E-state index < -0.39 is 29.3 Å². The van der Waals surface area contributed by atoms with Crippen molar-refractivity contribution in [2.45, 2.75) is 31.4 Å². The third kappa shape index (κ3) is 4.58. The summed E-state index contributed by atoms with van der Waals surface area (Å²) in [6.45, 7) is 1.91. The minimum atomic E-state index is -5.96. The molecule has 0 spiro atoms. The Morgan fingerprint density at radius 2 is 1.46 bits per heavy atom. The number of hydrogen-bond donors (Lipinski definition) is 1. The van der Waals surface area contributed by atoms with Crippen molar-refractivity contribution in [3.05, 3.63) is 95.4 Å². The van der Waals surface area contributed by atoms with Crippen LogP contribution in [-0.4, -0.2) is 22.0 Å². The number of fused-ring (bicyclic) bond motifs is 1. The first-order valence-corrected chi connectivity index (χ1v) is 10.3. The van der Waals surface area contributed by atoms with Crippen molar-refractivity contribution in [1.29, 1.82) is 0 Å². The van der Waals surface area contributed by atoms with Crippen LogP contribution in [0.3, 0.4) is 0 Å². The fourth-order valence-electron chi connectivity index (χ4n) is 3.86. The first-order chi connectivity index (χ1) is 16.3. The monoisotopic (exact) mass is 497 g/mol. The number of rotatable bonds is 5. The zero-order chi connectivity index (χ0) is 25.6. The zero-order valence-electron chi connectivity index (χ0n) is 18.1. The average Bonchev–Trinajstić information content (AvgIpc) is 3.07. The Hall–Kier alpha value is -3.53. The lowest BCUT2D eigenvalue weighted by Gasteiger charge is -2.32. The van der Waals surface area contributed by atoms with Crippen LogP contribution >= 0.6 is 0 Å². The van der Waals surface area contributed by atoms with Crippen LogP contribution in [0.1, 0.15) is 16.8 Å². The van der Waals surface area contributed by atoms with Crippen LogP contribution in [-0.2, 0) is 12.1 Å². The third-order valence-electron chi connectivity index (χ3n) is 5.64. The second-order valence-electron chi connectivity index (χ2n) is 8.05. The van der Waals surface area contributed by atoms with Crippen LogP contribution < -0.4 is 4.74 Å². The van der Waals surface area contributed by atoms with E-state index in [0.29, 0.717) is 34.8 Å². The van der Waals surface area contributed by atoms with E-state index in [1.807, 2.05) is 0 Å². The standard InChI is InChI=1S/C25H18F7NO2/c1-15-11-17-13-18(23(34,24(27,28)29)25(30,31)32)5-10-22(17)33(15)14-16-3-2-4-21(12-16)35-20-8-6-19(26)7-9-20/h2-13,34H,14H2,1H3. The molecule has 1 aromatic heterocycles. The predicted molar refractivity (Wildman–Crippen MR) is 115 cm³/mol. The van der Waals surface area contributed by atoms with Gasteiger partial charge in [-0.2, -0.15) is 26.3 Å². The molecule has 10 heteroatoms. The highest BCUT2D eigenvalue weighted by Gasteiger charge is 2.71. The molecule has 4 rings (SSSR count). The summed E-state index contributed by atoms with van der Waals surface area (Å²) < 4.78 is 100. The summed E-state index contributed by atoms with van der Waals surface area (Å²) >= 11 is 0. The van der Waals surface area contributed by atoms with Gasteiger partial charge < -0.3 is 14.4 Å². The van der Waals surface area contributed by atoms with Crippen LogP contribution in [0.4, 0.5) is 30.7 Å². The molecular weight excluding hydrogens is 479 g/mol. The largest absolute Gasteiger partial charge is 0.457 e. The topological polar surface area (TPSA) is 34.4 Å². The molecule has 3 aromatic carbocycles. The first-order valence-electron chi connectivity index (χ1n) is 10.3. The van der Waals surface area contributed by atoms with Gasteiger partial charge >= 0.3 is 12.4 Å². The Morgan fingerprint density at radius 3 is 2.09 bits per heavy atom. The van der Waals surface area contributed by atoms with Gasteiger partial charge in [0.25, 0.3) is 5.60 Å². The summed E-state index contributed by atoms with van der Waals surface area (Å²) in [6, 6.07) is 16.2. The third-order valence-corrected chi connectivity index (χ3v) is 5.64. The van der Waals surface area contributed by atoms with Gasteiger partial charge in [0.15, 0.2) is 0 Å². The summed E-state index contributed by atoms with van der Waals surface area (Å²) in [5.74, 6) is 0.472. The lowest BCUT2D eigenvalue weighted by molar-refractivity contribution is -0.376. The van der Waals surface area contributed by atoms with E-state index in [4.69, 9.17) is 4.74 Å². The number of benzene rings is 3. The van der Waals surface area contributed by atoms with Gasteiger partial charge in [0, 0.05) is 28.7 Å². The fraction of sp³-hybridized carbons (Fsp3) is 0.200. The summed E-state index contributed by atoms with van der Waals surface area (Å²) in [4.78, 5) is 0. The van der Waals surface area contributed by atoms with Crippen molar-refractivity contribution in [2.24, 2.45) is 0 Å². The molecule has 184 valence electrons. The quantitative estimate of drug-likeness (QED) is 0.295. The van der Waals surface area contributed by atoms with Gasteiger partial charge in [-0.15, -0.1) is 0 Å². The molecule has 3 nitrogen and oxygen atoms in total. The average molecular weight is 497 g/mol. The molecule has 0 aliphatic carbocycles. The Balaban J connectivity index is 1.66. The van der Waals surface area contributed by atoms with Crippen molar-refractivity contribution in [3.63, 3.8) is 0 Å². The van der Waals surface area contributed by atoms with Crippen molar-refractivity contribution < 1.29 is 40.6 Å². The van der Waals surface area contributed by atoms with Crippen LogP contribution in [0.15, 0.2) is 72.8 Å². The van der Waals surface area contributed by atoms with Crippen LogP contribution in [0.2, 0.25) is 0 Å². The van der Waals surface area contributed by atoms with Gasteiger partial charge in [0.1, 0.15) is 17.3 Å². The summed E-state index contributed by atoms with van der Waals surface area (Å²) in [6.07, 6.45) is -11.9. The van der Waals surface area contributed by atoms with E-state index in [-0.39, 0.29) is 11.9 Å². The SMILES string of the molecule is Cc1cc2cc(C(O)(C(F)(F)F)C(F)(F)F)ccc2n1Cc1cccc(Oc2ccc(F)cc2)c1. The van der Waals surface area contributed by atoms with E-state index in [1.165, 1.54) is 30.3 Å². The van der Waals surface area contributed by atoms with Crippen molar-refractivity contribution in [3.8, 4) is 11.5 Å². The van der Waals surface area contributed by atoms with Gasteiger partial charge in [-0.1, -0.05) is 18.2 Å². The second kappa shape index (κ2) is 8.60. The Morgan fingerprint density at radius 1 is 0.800 bits per heavy atom. The van der Waals surface area contributed by atoms with E-state index >= 15 is 0 Å². The Bertz CT molecular complexity index is 1340. The number of hydrogen-bond acceptors (Lipinski definition) is 2. The number of ether oxygens (including phenoxy) is 1. The molecule has 0 fully saturated rings. The van der Waals surface area contributed by atoms with Gasteiger partial charge in [-0.3, -0.25) is 0 Å². The van der Waals surface area contributed by atoms with E-state index in [9.17, 15) is 35.8 Å². The molecule has 0 unspecified atom stereocenters. The first kappa shape index (κ1) is 24.6. The lowest BCUT2D eigenvalue weighted by Crippen LogP contribution is -2.53. The van der Waals surface area contributed by atoms with Gasteiger partial charge in [-0.25, -0.2) is 4.39 Å². The van der Waals surface area contributed by atoms with Crippen LogP contribution in [0.5, 0.6) is 11.5 Å². The van der Waals surface area contributed by atoms with E-state index in [0.717, 1.165) is 11.6 Å². The maximum absolute atomic E-state index is 13.3. The molecule has 0 radical (unpaired) electrons. The van der Waals surface area contributed by atoms with Gasteiger partial charge in [-0.05, 0) is 67.1 Å². The number of nitrogens with zero attached hydrogens (tertiary/aromatic N) is 1. The molecule has 4 aromatic rings. The fourth-order valence-corrected chi connectivity index (χ4v) is 3.86. The summed E-state index contributed by atoms with van der Waals surface area (Å²) in [5.41, 5.74) is -4.57. The Kier molecular flexibility index (Phi) is 6.04. The van der Waals surface area contributed by atoms with Crippen molar-refractivity contribution in [2.75, 3.05) is 0 Å². The molecular formula is C25H18F7NO2. The second-order valence-corrected chi connectivity index (χ2v) is 8.05. The number of halogens is 7. The maximum atomic E-state index is 13.3. The van der Waals surface area contributed by atoms with Gasteiger partial charge in [0.2, 0.25) is 0 Å². The lowest BCUT2D eigenvalue weighted by atomic mass is 9.91. The highest BCUT2D eigenvalue weighted by molar-refractivity contribution is 5.82. The smallest absolute Gasteiger partial charge is 0.430 e. The Labute approximate surface area is 195 Å². The molecule has 0 saturated heterocycles. The molecule has 0 atom stereocenters. The van der Waals surface area contributed by atoms with Crippen LogP contribution in [0.25, 0.3) is 10.9 Å². The van der Waals surface area contributed by atoms with E-state index in [2.05, 4.69) is 0 Å². The predicted octanol–water partition coefficient (Wildman–Crippen LogP) is 7.24. The summed E-state index contributed by atoms with van der Waals surface area (Å²) in [7, 11) is 0. The molecule has 0 saturated carbocycles. The van der Waals surface area contributed by atoms with Crippen molar-refractivity contribution >= 4 is 10.9 Å². The minimum absolute atomic E-state index is 0.116. The highest BCUT2D eigenvalue weighted by Crippen LogP contribution is 2.50. The zero-order valence-corrected chi connectivity index (χ0v) is 18.1. The molecule has 1 N–H and O–H groups in total. The molecule has 0 bridgehead atoms. The minimum Gasteiger partial charge on any atom is -0.457 e. The van der Waals surface area contributed by atoms with E-state index in [1.54, 1.807) is 35.8 Å². The van der Waals surface area contributed by atoms with Crippen LogP contribution in [0, 0.1) is 12.7 Å². The van der Waals surface area contributed by atoms with Crippen molar-refractivity contribution in [1.82, 2.24) is 4.57 Å². The number of aliphatic hydroxyl groups is 1. The molecule has 1 heterocycles. The number of aromatic nitrogens is 1. The maximum Gasteiger partial charge on any atom is 0.430 e. The number of aryl methyl sites for hydroxylation is 1. The molecule has 35 heavy (non-hydrogen) atoms. The van der Waals surface area contributed by atoms with Gasteiger partial charge in [0.05, 0.1) is 0 Å².